The van der Waals surface area contributed by atoms with Crippen molar-refractivity contribution in [3.63, 3.8) is 0 Å². The van der Waals surface area contributed by atoms with E-state index in [0.29, 0.717) is 24.8 Å². The topological polar surface area (TPSA) is 75.6 Å². The predicted octanol–water partition coefficient (Wildman–Crippen LogP) is 3.53. The zero-order chi connectivity index (χ0) is 22.1. The number of hydrogen-bond acceptors (Lipinski definition) is 8. The Morgan fingerprint density at radius 2 is 1.59 bits per heavy atom. The Hall–Kier alpha value is -2.97. The molecule has 0 radical (unpaired) electrons. The number of benzene rings is 1. The fourth-order valence-electron chi connectivity index (χ4n) is 4.34. The third-order valence-electron chi connectivity index (χ3n) is 5.86. The summed E-state index contributed by atoms with van der Waals surface area (Å²) < 4.78 is 11.5. The summed E-state index contributed by atoms with van der Waals surface area (Å²) >= 11 is 0. The Morgan fingerprint density at radius 1 is 0.875 bits per heavy atom. The fraction of sp³-hybridized carbons (Fsp3) is 0.458. The molecule has 2 aliphatic heterocycles. The van der Waals surface area contributed by atoms with E-state index < -0.39 is 0 Å². The molecule has 2 atom stereocenters. The van der Waals surface area contributed by atoms with Crippen LogP contribution in [0.5, 0.6) is 0 Å². The molecule has 5 rings (SSSR count). The van der Waals surface area contributed by atoms with Crippen LogP contribution < -0.4 is 15.1 Å². The monoisotopic (exact) mass is 434 g/mol. The lowest BCUT2D eigenvalue weighted by atomic mass is 10.2. The number of nitrogens with zero attached hydrogens (tertiary/aromatic N) is 5. The maximum atomic E-state index is 5.92. The van der Waals surface area contributed by atoms with Crippen molar-refractivity contribution in [2.24, 2.45) is 0 Å². The van der Waals surface area contributed by atoms with Crippen molar-refractivity contribution < 1.29 is 9.47 Å². The lowest BCUT2D eigenvalue weighted by Gasteiger charge is -2.36. The Morgan fingerprint density at radius 3 is 2.31 bits per heavy atom. The SMILES string of the molecule is Cc1ccc(Nc2ccc3c(N4CCOCC4)nc(N4CC(C)OC(C)C4)nc3n2)cc1. The van der Waals surface area contributed by atoms with E-state index in [-0.39, 0.29) is 12.2 Å². The van der Waals surface area contributed by atoms with Gasteiger partial charge in [0.25, 0.3) is 0 Å². The largest absolute Gasteiger partial charge is 0.378 e. The van der Waals surface area contributed by atoms with Crippen molar-refractivity contribution in [1.29, 1.82) is 0 Å². The first-order valence-electron chi connectivity index (χ1n) is 11.3. The summed E-state index contributed by atoms with van der Waals surface area (Å²) in [6.07, 6.45) is 0.264. The smallest absolute Gasteiger partial charge is 0.229 e. The van der Waals surface area contributed by atoms with Crippen LogP contribution in [0, 0.1) is 6.92 Å². The zero-order valence-electron chi connectivity index (χ0n) is 18.9. The van der Waals surface area contributed by atoms with E-state index in [4.69, 9.17) is 24.4 Å². The minimum atomic E-state index is 0.132. The number of aromatic nitrogens is 3. The van der Waals surface area contributed by atoms with Gasteiger partial charge in [0.1, 0.15) is 11.6 Å². The van der Waals surface area contributed by atoms with Crippen LogP contribution in [-0.4, -0.2) is 66.6 Å². The highest BCUT2D eigenvalue weighted by Gasteiger charge is 2.26. The van der Waals surface area contributed by atoms with Gasteiger partial charge in [-0.2, -0.15) is 9.97 Å². The van der Waals surface area contributed by atoms with E-state index in [0.717, 1.165) is 48.9 Å². The van der Waals surface area contributed by atoms with Crippen LogP contribution in [-0.2, 0) is 9.47 Å². The van der Waals surface area contributed by atoms with Crippen LogP contribution in [0.3, 0.4) is 0 Å². The minimum absolute atomic E-state index is 0.132. The number of pyridine rings is 1. The van der Waals surface area contributed by atoms with Crippen molar-refractivity contribution in [2.45, 2.75) is 33.0 Å². The minimum Gasteiger partial charge on any atom is -0.378 e. The molecule has 168 valence electrons. The molecule has 8 nitrogen and oxygen atoms in total. The summed E-state index contributed by atoms with van der Waals surface area (Å²) in [5.41, 5.74) is 2.92. The average Bonchev–Trinajstić information content (AvgIpc) is 2.79. The molecule has 2 unspecified atom stereocenters. The fourth-order valence-corrected chi connectivity index (χ4v) is 4.34. The summed E-state index contributed by atoms with van der Waals surface area (Å²) in [4.78, 5) is 19.3. The third-order valence-corrected chi connectivity index (χ3v) is 5.86. The Balaban J connectivity index is 1.54. The van der Waals surface area contributed by atoms with Crippen molar-refractivity contribution in [3.8, 4) is 0 Å². The van der Waals surface area contributed by atoms with E-state index in [1.807, 2.05) is 6.07 Å². The molecule has 0 amide bonds. The molecule has 1 aromatic carbocycles. The number of ether oxygens (including phenoxy) is 2. The van der Waals surface area contributed by atoms with E-state index >= 15 is 0 Å². The highest BCUT2D eigenvalue weighted by atomic mass is 16.5. The number of morpholine rings is 2. The molecule has 2 aromatic heterocycles. The Kier molecular flexibility index (Phi) is 5.80. The second-order valence-electron chi connectivity index (χ2n) is 8.67. The highest BCUT2D eigenvalue weighted by molar-refractivity contribution is 5.89. The molecule has 3 aromatic rings. The van der Waals surface area contributed by atoms with Crippen molar-refractivity contribution in [2.75, 3.05) is 54.5 Å². The normalized spacial score (nSPS) is 21.7. The molecule has 8 heteroatoms. The van der Waals surface area contributed by atoms with E-state index in [1.165, 1.54) is 5.56 Å². The lowest BCUT2D eigenvalue weighted by molar-refractivity contribution is -0.00570. The first-order valence-corrected chi connectivity index (χ1v) is 11.3. The first-order chi connectivity index (χ1) is 15.5. The van der Waals surface area contributed by atoms with Crippen molar-refractivity contribution >= 4 is 34.3 Å². The van der Waals surface area contributed by atoms with Gasteiger partial charge in [-0.25, -0.2) is 4.98 Å². The quantitative estimate of drug-likeness (QED) is 0.669. The van der Waals surface area contributed by atoms with Crippen LogP contribution in [0.1, 0.15) is 19.4 Å². The van der Waals surface area contributed by atoms with Gasteiger partial charge in [0.05, 0.1) is 30.8 Å². The number of anilines is 4. The van der Waals surface area contributed by atoms with E-state index in [2.05, 4.69) is 66.2 Å². The molecule has 0 aliphatic carbocycles. The van der Waals surface area contributed by atoms with Gasteiger partial charge < -0.3 is 24.6 Å². The molecule has 32 heavy (non-hydrogen) atoms. The molecular weight excluding hydrogens is 404 g/mol. The summed E-state index contributed by atoms with van der Waals surface area (Å²) in [5.74, 6) is 2.40. The molecule has 0 bridgehead atoms. The first kappa shape index (κ1) is 20.9. The van der Waals surface area contributed by atoms with Crippen LogP contribution in [0.15, 0.2) is 36.4 Å². The van der Waals surface area contributed by atoms with Crippen molar-refractivity contribution in [1.82, 2.24) is 15.0 Å². The molecule has 0 spiro atoms. The average molecular weight is 435 g/mol. The van der Waals surface area contributed by atoms with Gasteiger partial charge in [0.2, 0.25) is 5.95 Å². The number of nitrogens with one attached hydrogen (secondary N) is 1. The van der Waals surface area contributed by atoms with Crippen LogP contribution >= 0.6 is 0 Å². The van der Waals surface area contributed by atoms with Gasteiger partial charge in [0.15, 0.2) is 5.65 Å². The van der Waals surface area contributed by atoms with Gasteiger partial charge >= 0.3 is 0 Å². The van der Waals surface area contributed by atoms with Crippen molar-refractivity contribution in [3.05, 3.63) is 42.0 Å². The maximum absolute atomic E-state index is 5.92. The second-order valence-corrected chi connectivity index (χ2v) is 8.67. The number of rotatable bonds is 4. The number of aryl methyl sites for hydroxylation is 1. The van der Waals surface area contributed by atoms with Gasteiger partial charge in [0, 0.05) is 31.9 Å². The second kappa shape index (κ2) is 8.88. The predicted molar refractivity (Wildman–Crippen MR) is 127 cm³/mol. The summed E-state index contributed by atoms with van der Waals surface area (Å²) in [6, 6.07) is 12.3. The molecule has 2 saturated heterocycles. The van der Waals surface area contributed by atoms with Gasteiger partial charge in [-0.3, -0.25) is 0 Å². The highest BCUT2D eigenvalue weighted by Crippen LogP contribution is 2.29. The summed E-state index contributed by atoms with van der Waals surface area (Å²) in [5, 5.41) is 4.35. The van der Waals surface area contributed by atoms with E-state index in [9.17, 15) is 0 Å². The van der Waals surface area contributed by atoms with E-state index in [1.54, 1.807) is 0 Å². The number of hydrogen-bond donors (Lipinski definition) is 1. The number of fused-ring (bicyclic) bond motifs is 1. The molecule has 4 heterocycles. The maximum Gasteiger partial charge on any atom is 0.229 e. The van der Waals surface area contributed by atoms with Crippen LogP contribution in [0.4, 0.5) is 23.3 Å². The standard InChI is InChI=1S/C24H30N6O2/c1-16-4-6-19(7-5-16)25-21-9-8-20-22(26-21)27-24(30-14-17(2)32-18(3)15-30)28-23(20)29-10-12-31-13-11-29/h4-9,17-18H,10-15H2,1-3H3,(H,25,26,27,28). The molecule has 0 saturated carbocycles. The van der Waals surface area contributed by atoms with Crippen LogP contribution in [0.2, 0.25) is 0 Å². The summed E-state index contributed by atoms with van der Waals surface area (Å²) in [6.45, 7) is 10.8. The molecule has 2 fully saturated rings. The molecule has 1 N–H and O–H groups in total. The van der Waals surface area contributed by atoms with Gasteiger partial charge in [-0.05, 0) is 45.0 Å². The van der Waals surface area contributed by atoms with Crippen LogP contribution in [0.25, 0.3) is 11.0 Å². The third kappa shape index (κ3) is 4.47. The van der Waals surface area contributed by atoms with Gasteiger partial charge in [-0.1, -0.05) is 17.7 Å². The molecule has 2 aliphatic rings. The lowest BCUT2D eigenvalue weighted by Crippen LogP contribution is -2.46. The Labute approximate surface area is 188 Å². The summed E-state index contributed by atoms with van der Waals surface area (Å²) in [7, 11) is 0. The zero-order valence-corrected chi connectivity index (χ0v) is 18.9. The molecular formula is C24H30N6O2. The van der Waals surface area contributed by atoms with Gasteiger partial charge in [-0.15, -0.1) is 0 Å². The Bertz CT molecular complexity index is 1070.